The van der Waals surface area contributed by atoms with Gasteiger partial charge in [0.2, 0.25) is 0 Å². The van der Waals surface area contributed by atoms with Crippen LogP contribution < -0.4 is 9.47 Å². The summed E-state index contributed by atoms with van der Waals surface area (Å²) in [6, 6.07) is 59.2. The monoisotopic (exact) mass is 1090 g/mol. The Hall–Kier alpha value is -7.40. The van der Waals surface area contributed by atoms with Gasteiger partial charge in [0, 0.05) is 88.2 Å². The quantitative estimate of drug-likeness (QED) is 0.0357. The van der Waals surface area contributed by atoms with Gasteiger partial charge in [-0.15, -0.1) is 0 Å². The summed E-state index contributed by atoms with van der Waals surface area (Å²) in [5.41, 5.74) is 11.3. The van der Waals surface area contributed by atoms with Crippen LogP contribution in [0.5, 0.6) is 23.0 Å². The van der Waals surface area contributed by atoms with Crippen LogP contribution in [0.2, 0.25) is 0 Å². The number of benzene rings is 8. The molecule has 0 aliphatic rings. The summed E-state index contributed by atoms with van der Waals surface area (Å²) >= 11 is 7.14. The maximum Gasteiger partial charge on any atom is 0.126 e. The third-order valence-corrected chi connectivity index (χ3v) is 13.1. The van der Waals surface area contributed by atoms with Gasteiger partial charge in [-0.05, 0) is 109 Å². The van der Waals surface area contributed by atoms with Crippen molar-refractivity contribution in [2.75, 3.05) is 23.9 Å². The SMILES string of the molecule is Oc1ccc(N=Cc2ccccc2)cc1Cc1cc(N=Cc2ccccc2)cc(Cc2cc(N=Cc3ccccc3)cc(Cc3cc(N=Cc4ccccc4)ccc3OCCCCBr)c2O)c1OCCCCBr. The number of phenolic OH excluding ortho intramolecular Hbond substituents is 2. The van der Waals surface area contributed by atoms with Crippen molar-refractivity contribution in [3.05, 3.63) is 238 Å². The molecule has 8 nitrogen and oxygen atoms in total. The normalized spacial score (nSPS) is 11.6. The molecule has 8 aromatic rings. The minimum atomic E-state index is 0.147. The third-order valence-electron chi connectivity index (χ3n) is 11.9. The van der Waals surface area contributed by atoms with Crippen LogP contribution in [0.15, 0.2) is 202 Å². The fourth-order valence-corrected chi connectivity index (χ4v) is 8.97. The van der Waals surface area contributed by atoms with Gasteiger partial charge >= 0.3 is 0 Å². The van der Waals surface area contributed by atoms with Crippen molar-refractivity contribution in [2.45, 2.75) is 44.9 Å². The number of hydrogen-bond acceptors (Lipinski definition) is 8. The number of ether oxygens (including phenoxy) is 2. The summed E-state index contributed by atoms with van der Waals surface area (Å²) in [5.74, 6) is 1.70. The average molecular weight is 1090 g/mol. The van der Waals surface area contributed by atoms with Gasteiger partial charge in [-0.1, -0.05) is 153 Å². The van der Waals surface area contributed by atoms with Gasteiger partial charge < -0.3 is 19.7 Å². The first-order chi connectivity index (χ1) is 35.9. The number of aromatic hydroxyl groups is 2. The number of phenols is 2. The molecule has 0 saturated heterocycles. The van der Waals surface area contributed by atoms with Crippen molar-refractivity contribution >= 4 is 79.5 Å². The van der Waals surface area contributed by atoms with E-state index >= 15 is 0 Å². The van der Waals surface area contributed by atoms with Crippen molar-refractivity contribution in [1.82, 2.24) is 0 Å². The van der Waals surface area contributed by atoms with Crippen LogP contribution in [0, 0.1) is 0 Å². The van der Waals surface area contributed by atoms with Crippen molar-refractivity contribution in [3.63, 3.8) is 0 Å². The standard InChI is InChI=1S/C63H58Br2N4O4/c64-29-13-15-31-72-61-28-26-57(67-43-47-19-7-2-8-20-47)37-51(61)34-52-38-58(68-44-48-21-9-3-10-22-48)39-53(62(52)71)35-55-41-59(69-45-49-23-11-4-12-24-49)40-54(63(55)73-32-16-14-30-65)33-50-36-56(25-27-60(50)70)66-42-46-17-5-1-6-18-46/h1-12,17-28,36-45,70-71H,13-16,29-35H2. The lowest BCUT2D eigenvalue weighted by Crippen LogP contribution is -2.06. The van der Waals surface area contributed by atoms with Crippen LogP contribution in [0.4, 0.5) is 22.7 Å². The maximum absolute atomic E-state index is 12.6. The number of halogens is 2. The van der Waals surface area contributed by atoms with Gasteiger partial charge in [0.05, 0.1) is 36.0 Å². The van der Waals surface area contributed by atoms with Gasteiger partial charge in [0.25, 0.3) is 0 Å². The Balaban J connectivity index is 1.24. The summed E-state index contributed by atoms with van der Waals surface area (Å²) in [4.78, 5) is 19.6. The molecule has 0 aliphatic heterocycles. The van der Waals surface area contributed by atoms with E-state index in [-0.39, 0.29) is 17.9 Å². The lowest BCUT2D eigenvalue weighted by atomic mass is 9.93. The first-order valence-electron chi connectivity index (χ1n) is 24.6. The molecule has 8 rings (SSSR count). The van der Waals surface area contributed by atoms with E-state index in [2.05, 4.69) is 31.9 Å². The summed E-state index contributed by atoms with van der Waals surface area (Å²) in [7, 11) is 0. The number of nitrogens with zero attached hydrogens (tertiary/aromatic N) is 4. The summed E-state index contributed by atoms with van der Waals surface area (Å²) < 4.78 is 13.3. The van der Waals surface area contributed by atoms with Crippen LogP contribution in [0.1, 0.15) is 81.3 Å². The number of unbranched alkanes of at least 4 members (excludes halogenated alkanes) is 2. The molecule has 0 fully saturated rings. The van der Waals surface area contributed by atoms with E-state index in [1.54, 1.807) is 6.07 Å². The molecule has 0 aromatic heterocycles. The molecule has 0 radical (unpaired) electrons. The number of hydrogen-bond donors (Lipinski definition) is 2. The van der Waals surface area contributed by atoms with E-state index in [0.717, 1.165) is 86.7 Å². The zero-order valence-electron chi connectivity index (χ0n) is 40.7. The van der Waals surface area contributed by atoms with Gasteiger partial charge in [-0.25, -0.2) is 0 Å². The molecule has 10 heteroatoms. The number of rotatable bonds is 24. The highest BCUT2D eigenvalue weighted by atomic mass is 79.9. The maximum atomic E-state index is 12.6. The second-order valence-corrected chi connectivity index (χ2v) is 19.1. The highest BCUT2D eigenvalue weighted by molar-refractivity contribution is 9.09. The second-order valence-electron chi connectivity index (χ2n) is 17.5. The Morgan fingerprint density at radius 3 is 1.21 bits per heavy atom. The second kappa shape index (κ2) is 27.4. The first-order valence-corrected chi connectivity index (χ1v) is 26.8. The van der Waals surface area contributed by atoms with E-state index in [4.69, 9.17) is 29.4 Å². The Morgan fingerprint density at radius 2 is 0.740 bits per heavy atom. The predicted octanol–water partition coefficient (Wildman–Crippen LogP) is 16.0. The fraction of sp³-hybridized carbons (Fsp3) is 0.175. The molecule has 0 spiro atoms. The van der Waals surface area contributed by atoms with Crippen molar-refractivity contribution < 1.29 is 19.7 Å². The minimum Gasteiger partial charge on any atom is -0.508 e. The average Bonchev–Trinajstić information content (AvgIpc) is 3.42. The highest BCUT2D eigenvalue weighted by Gasteiger charge is 2.20. The molecule has 0 aliphatic carbocycles. The number of alkyl halides is 2. The lowest BCUT2D eigenvalue weighted by molar-refractivity contribution is 0.304. The van der Waals surface area contributed by atoms with Gasteiger partial charge in [0.1, 0.15) is 23.0 Å². The molecule has 0 saturated carbocycles. The van der Waals surface area contributed by atoms with Crippen molar-refractivity contribution in [1.29, 1.82) is 0 Å². The summed E-state index contributed by atoms with van der Waals surface area (Å²) in [6.45, 7) is 1.02. The molecule has 0 bridgehead atoms. The molecule has 0 amide bonds. The smallest absolute Gasteiger partial charge is 0.126 e. The van der Waals surface area contributed by atoms with Crippen molar-refractivity contribution in [3.8, 4) is 23.0 Å². The Labute approximate surface area is 445 Å². The molecule has 73 heavy (non-hydrogen) atoms. The molecule has 0 atom stereocenters. The van der Waals surface area contributed by atoms with Gasteiger partial charge in [-0.3, -0.25) is 20.0 Å². The topological polar surface area (TPSA) is 108 Å². The van der Waals surface area contributed by atoms with E-state index in [9.17, 15) is 10.2 Å². The molecule has 0 unspecified atom stereocenters. The fourth-order valence-electron chi connectivity index (χ4n) is 8.18. The molecular formula is C63H58Br2N4O4. The predicted molar refractivity (Wildman–Crippen MR) is 309 cm³/mol. The van der Waals surface area contributed by atoms with E-state index in [0.29, 0.717) is 65.6 Å². The van der Waals surface area contributed by atoms with Crippen molar-refractivity contribution in [2.24, 2.45) is 20.0 Å². The highest BCUT2D eigenvalue weighted by Crippen LogP contribution is 2.40. The largest absolute Gasteiger partial charge is 0.508 e. The first kappa shape index (κ1) is 51.9. The lowest BCUT2D eigenvalue weighted by Gasteiger charge is -2.20. The zero-order chi connectivity index (χ0) is 50.5. The zero-order valence-corrected chi connectivity index (χ0v) is 43.8. The van der Waals surface area contributed by atoms with E-state index in [1.807, 2.05) is 201 Å². The molecule has 2 N–H and O–H groups in total. The van der Waals surface area contributed by atoms with Gasteiger partial charge in [-0.2, -0.15) is 0 Å². The van der Waals surface area contributed by atoms with Crippen LogP contribution >= 0.6 is 31.9 Å². The summed E-state index contributed by atoms with van der Waals surface area (Å²) in [5, 5.41) is 25.7. The Morgan fingerprint density at radius 1 is 0.370 bits per heavy atom. The molecule has 0 heterocycles. The van der Waals surface area contributed by atoms with Crippen LogP contribution in [-0.2, 0) is 19.3 Å². The van der Waals surface area contributed by atoms with E-state index in [1.165, 1.54) is 0 Å². The Kier molecular flexibility index (Phi) is 19.5. The van der Waals surface area contributed by atoms with Crippen LogP contribution in [-0.4, -0.2) is 58.9 Å². The van der Waals surface area contributed by atoms with Crippen LogP contribution in [0.25, 0.3) is 0 Å². The Bertz CT molecular complexity index is 3150. The molecule has 8 aromatic carbocycles. The molecular weight excluding hydrogens is 1040 g/mol. The molecule has 368 valence electrons. The number of aliphatic imine (C=N–C) groups is 4. The minimum absolute atomic E-state index is 0.147. The van der Waals surface area contributed by atoms with E-state index < -0.39 is 0 Å². The third kappa shape index (κ3) is 15.8. The van der Waals surface area contributed by atoms with Gasteiger partial charge in [0.15, 0.2) is 0 Å². The summed E-state index contributed by atoms with van der Waals surface area (Å²) in [6.07, 6.45) is 12.0. The van der Waals surface area contributed by atoms with Crippen LogP contribution in [0.3, 0.4) is 0 Å².